The zero-order valence-corrected chi connectivity index (χ0v) is 11.9. The lowest BCUT2D eigenvalue weighted by Crippen LogP contribution is -2.26. The highest BCUT2D eigenvalue weighted by atomic mass is 32.2. The fourth-order valence-corrected chi connectivity index (χ4v) is 2.61. The molecule has 0 saturated heterocycles. The summed E-state index contributed by atoms with van der Waals surface area (Å²) in [6.45, 7) is 9.09. The fraction of sp³-hybridized carbons (Fsp3) is 0.583. The van der Waals surface area contributed by atoms with Crippen LogP contribution in [0.5, 0.6) is 0 Å². The number of aryl methyl sites for hydroxylation is 1. The molecule has 0 atom stereocenters. The Balaban J connectivity index is 2.29. The minimum atomic E-state index is 0.118. The smallest absolute Gasteiger partial charge is 0.230 e. The zero-order valence-electron chi connectivity index (χ0n) is 10.3. The average Bonchev–Trinajstić information content (AvgIpc) is 2.57. The van der Waals surface area contributed by atoms with Crippen molar-refractivity contribution in [2.45, 2.75) is 39.0 Å². The lowest BCUT2D eigenvalue weighted by molar-refractivity contribution is -0.118. The predicted octanol–water partition coefficient (Wildman–Crippen LogP) is 3.20. The molecule has 0 fully saturated rings. The largest absolute Gasteiger partial charge is 0.350 e. The number of rotatable bonds is 4. The predicted molar refractivity (Wildman–Crippen MR) is 73.1 cm³/mol. The van der Waals surface area contributed by atoms with Gasteiger partial charge >= 0.3 is 0 Å². The molecule has 0 aliphatic heterocycles. The summed E-state index contributed by atoms with van der Waals surface area (Å²) in [7, 11) is 0. The second-order valence-electron chi connectivity index (χ2n) is 4.70. The molecule has 90 valence electrons. The molecule has 0 spiro atoms. The van der Waals surface area contributed by atoms with Crippen LogP contribution >= 0.6 is 23.1 Å². The lowest BCUT2D eigenvalue weighted by Gasteiger charge is -2.16. The highest BCUT2D eigenvalue weighted by molar-refractivity contribution is 8.01. The minimum Gasteiger partial charge on any atom is -0.350 e. The van der Waals surface area contributed by atoms with E-state index < -0.39 is 0 Å². The Hall–Kier alpha value is -0.480. The first-order chi connectivity index (χ1) is 7.38. The van der Waals surface area contributed by atoms with Crippen molar-refractivity contribution in [3.63, 3.8) is 0 Å². The quantitative estimate of drug-likeness (QED) is 0.897. The number of hydrogen-bond acceptors (Lipinski definition) is 3. The number of nitrogens with one attached hydrogen (secondary N) is 1. The van der Waals surface area contributed by atoms with Gasteiger partial charge in [-0.15, -0.1) is 23.1 Å². The Labute approximate surface area is 106 Å². The molecule has 0 aliphatic rings. The third-order valence-corrected chi connectivity index (χ3v) is 4.35. The summed E-state index contributed by atoms with van der Waals surface area (Å²) < 4.78 is 0.149. The summed E-state index contributed by atoms with van der Waals surface area (Å²) in [6, 6.07) is 2.08. The third kappa shape index (κ3) is 5.03. The van der Waals surface area contributed by atoms with Crippen molar-refractivity contribution < 1.29 is 4.79 Å². The van der Waals surface area contributed by atoms with Gasteiger partial charge in [-0.05, 0) is 23.9 Å². The average molecular weight is 257 g/mol. The monoisotopic (exact) mass is 257 g/mol. The van der Waals surface area contributed by atoms with Crippen molar-refractivity contribution in [1.82, 2.24) is 5.32 Å². The fourth-order valence-electron chi connectivity index (χ4n) is 1.10. The molecule has 1 rings (SSSR count). The summed E-state index contributed by atoms with van der Waals surface area (Å²) in [4.78, 5) is 12.8. The van der Waals surface area contributed by atoms with Crippen molar-refractivity contribution >= 4 is 29.0 Å². The number of carbonyl (C=O) groups excluding carboxylic acids is 1. The highest BCUT2D eigenvalue weighted by Gasteiger charge is 2.13. The molecule has 0 aliphatic carbocycles. The van der Waals surface area contributed by atoms with Gasteiger partial charge in [0.25, 0.3) is 0 Å². The number of hydrogen-bond donors (Lipinski definition) is 1. The van der Waals surface area contributed by atoms with E-state index >= 15 is 0 Å². The van der Waals surface area contributed by atoms with Gasteiger partial charge in [0.1, 0.15) is 0 Å². The van der Waals surface area contributed by atoms with Crippen LogP contribution in [0.25, 0.3) is 0 Å². The van der Waals surface area contributed by atoms with Gasteiger partial charge in [-0.25, -0.2) is 0 Å². The van der Waals surface area contributed by atoms with E-state index in [9.17, 15) is 4.79 Å². The standard InChI is InChI=1S/C12H19NOS2/c1-9-5-6-15-10(9)7-13-11(14)8-16-12(2,3)4/h5-6H,7-8H2,1-4H3,(H,13,14). The first-order valence-corrected chi connectivity index (χ1v) is 7.18. The van der Waals surface area contributed by atoms with Crippen molar-refractivity contribution in [1.29, 1.82) is 0 Å². The maximum absolute atomic E-state index is 11.6. The highest BCUT2D eigenvalue weighted by Crippen LogP contribution is 2.22. The topological polar surface area (TPSA) is 29.1 Å². The van der Waals surface area contributed by atoms with Gasteiger partial charge < -0.3 is 5.32 Å². The van der Waals surface area contributed by atoms with Gasteiger partial charge in [0.05, 0.1) is 12.3 Å². The van der Waals surface area contributed by atoms with E-state index in [0.29, 0.717) is 12.3 Å². The van der Waals surface area contributed by atoms with E-state index in [-0.39, 0.29) is 10.7 Å². The van der Waals surface area contributed by atoms with Gasteiger partial charge in [0, 0.05) is 9.62 Å². The Morgan fingerprint density at radius 2 is 2.19 bits per heavy atom. The van der Waals surface area contributed by atoms with Crippen molar-refractivity contribution in [2.75, 3.05) is 5.75 Å². The van der Waals surface area contributed by atoms with Crippen LogP contribution in [0.1, 0.15) is 31.2 Å². The molecule has 1 amide bonds. The normalized spacial score (nSPS) is 11.5. The number of amides is 1. The molecular weight excluding hydrogens is 238 g/mol. The van der Waals surface area contributed by atoms with Crippen LogP contribution in [-0.4, -0.2) is 16.4 Å². The summed E-state index contributed by atoms with van der Waals surface area (Å²) in [5.74, 6) is 0.654. The maximum Gasteiger partial charge on any atom is 0.230 e. The summed E-state index contributed by atoms with van der Waals surface area (Å²) in [6.07, 6.45) is 0. The third-order valence-electron chi connectivity index (χ3n) is 2.05. The molecule has 0 bridgehead atoms. The first-order valence-electron chi connectivity index (χ1n) is 5.32. The molecule has 0 radical (unpaired) electrons. The SMILES string of the molecule is Cc1ccsc1CNC(=O)CSC(C)(C)C. The van der Waals surface area contributed by atoms with Crippen molar-refractivity contribution in [3.8, 4) is 0 Å². The molecule has 0 saturated carbocycles. The van der Waals surface area contributed by atoms with Gasteiger partial charge in [0.2, 0.25) is 5.91 Å². The molecule has 4 heteroatoms. The van der Waals surface area contributed by atoms with Crippen LogP contribution in [0.4, 0.5) is 0 Å². The molecule has 0 aromatic carbocycles. The number of thioether (sulfide) groups is 1. The van der Waals surface area contributed by atoms with E-state index in [2.05, 4.69) is 44.5 Å². The Morgan fingerprint density at radius 1 is 1.50 bits per heavy atom. The van der Waals surface area contributed by atoms with Crippen LogP contribution in [-0.2, 0) is 11.3 Å². The van der Waals surface area contributed by atoms with Crippen molar-refractivity contribution in [2.24, 2.45) is 0 Å². The Bertz CT molecular complexity index is 352. The molecule has 1 aromatic heterocycles. The molecule has 1 heterocycles. The van der Waals surface area contributed by atoms with Crippen LogP contribution < -0.4 is 5.32 Å². The zero-order chi connectivity index (χ0) is 12.2. The van der Waals surface area contributed by atoms with E-state index in [0.717, 1.165) is 0 Å². The van der Waals surface area contributed by atoms with Crippen LogP contribution in [0, 0.1) is 6.92 Å². The molecule has 16 heavy (non-hydrogen) atoms. The van der Waals surface area contributed by atoms with E-state index in [1.807, 2.05) is 0 Å². The Kier molecular flexibility index (Phi) is 4.87. The van der Waals surface area contributed by atoms with Gasteiger partial charge in [-0.2, -0.15) is 0 Å². The van der Waals surface area contributed by atoms with Gasteiger partial charge in [-0.3, -0.25) is 4.79 Å². The molecule has 1 N–H and O–H groups in total. The van der Waals surface area contributed by atoms with Crippen LogP contribution in [0.15, 0.2) is 11.4 Å². The van der Waals surface area contributed by atoms with E-state index in [4.69, 9.17) is 0 Å². The van der Waals surface area contributed by atoms with Gasteiger partial charge in [-0.1, -0.05) is 20.8 Å². The molecule has 1 aromatic rings. The lowest BCUT2D eigenvalue weighted by atomic mass is 10.3. The molecule has 0 unspecified atom stereocenters. The Morgan fingerprint density at radius 3 is 2.69 bits per heavy atom. The second-order valence-corrected chi connectivity index (χ2v) is 7.51. The summed E-state index contributed by atoms with van der Waals surface area (Å²) >= 11 is 3.37. The first kappa shape index (κ1) is 13.6. The summed E-state index contributed by atoms with van der Waals surface area (Å²) in [5.41, 5.74) is 1.26. The van der Waals surface area contributed by atoms with Gasteiger partial charge in [0.15, 0.2) is 0 Å². The number of carbonyl (C=O) groups is 1. The maximum atomic E-state index is 11.6. The van der Waals surface area contributed by atoms with E-state index in [1.165, 1.54) is 10.4 Å². The van der Waals surface area contributed by atoms with Crippen LogP contribution in [0.3, 0.4) is 0 Å². The molecule has 2 nitrogen and oxygen atoms in total. The van der Waals surface area contributed by atoms with Crippen molar-refractivity contribution in [3.05, 3.63) is 21.9 Å². The summed E-state index contributed by atoms with van der Waals surface area (Å²) in [5, 5.41) is 5.01. The van der Waals surface area contributed by atoms with Crippen LogP contribution in [0.2, 0.25) is 0 Å². The van der Waals surface area contributed by atoms with E-state index in [1.54, 1.807) is 23.1 Å². The molecular formula is C12H19NOS2. The second kappa shape index (κ2) is 5.73. The number of thiophene rings is 1. The minimum absolute atomic E-state index is 0.118.